The highest BCUT2D eigenvalue weighted by Crippen LogP contribution is 2.33. The van der Waals surface area contributed by atoms with Crippen LogP contribution < -0.4 is 5.32 Å². The Morgan fingerprint density at radius 1 is 1.39 bits per heavy atom. The lowest BCUT2D eigenvalue weighted by Crippen LogP contribution is -2.18. The summed E-state index contributed by atoms with van der Waals surface area (Å²) in [6.45, 7) is 4.43. The van der Waals surface area contributed by atoms with Gasteiger partial charge in [0.15, 0.2) is 0 Å². The summed E-state index contributed by atoms with van der Waals surface area (Å²) in [7, 11) is 0. The van der Waals surface area contributed by atoms with Gasteiger partial charge in [0.05, 0.1) is 20.9 Å². The first-order chi connectivity index (χ1) is 8.76. The number of benzene rings is 1. The van der Waals surface area contributed by atoms with Crippen LogP contribution in [0.25, 0.3) is 10.2 Å². The number of aromatic nitrogens is 1. The highest BCUT2D eigenvalue weighted by atomic mass is 35.5. The maximum Gasteiger partial charge on any atom is 0.106 e. The van der Waals surface area contributed by atoms with Crippen LogP contribution in [0.2, 0.25) is 5.02 Å². The lowest BCUT2D eigenvalue weighted by atomic mass is 10.1. The van der Waals surface area contributed by atoms with Crippen LogP contribution in [0.3, 0.4) is 0 Å². The number of anilines is 1. The molecule has 98 valence electrons. The zero-order valence-electron chi connectivity index (χ0n) is 10.9. The van der Waals surface area contributed by atoms with E-state index in [1.54, 1.807) is 11.3 Å². The molecule has 1 unspecified atom stereocenters. The van der Waals surface area contributed by atoms with Crippen LogP contribution in [0.5, 0.6) is 0 Å². The van der Waals surface area contributed by atoms with Crippen LogP contribution in [-0.2, 0) is 0 Å². The van der Waals surface area contributed by atoms with Crippen molar-refractivity contribution in [3.8, 4) is 0 Å². The standard InChI is InChI=1S/C14H19ClN2S/c1-3-5-6-10(4-2)17-13-11(15)7-8-12-14(13)16-9-18-12/h7-10,17H,3-6H2,1-2H3. The third-order valence-electron chi connectivity index (χ3n) is 3.20. The van der Waals surface area contributed by atoms with Crippen molar-refractivity contribution in [1.82, 2.24) is 4.98 Å². The molecule has 2 rings (SSSR count). The minimum absolute atomic E-state index is 0.481. The average molecular weight is 283 g/mol. The van der Waals surface area contributed by atoms with Crippen molar-refractivity contribution in [1.29, 1.82) is 0 Å². The smallest absolute Gasteiger partial charge is 0.106 e. The lowest BCUT2D eigenvalue weighted by Gasteiger charge is -2.19. The SMILES string of the molecule is CCCCC(CC)Nc1c(Cl)ccc2scnc12. The van der Waals surface area contributed by atoms with E-state index in [-0.39, 0.29) is 0 Å². The average Bonchev–Trinajstić information content (AvgIpc) is 2.85. The summed E-state index contributed by atoms with van der Waals surface area (Å²) in [6, 6.07) is 4.47. The molecule has 0 saturated heterocycles. The van der Waals surface area contributed by atoms with Gasteiger partial charge >= 0.3 is 0 Å². The second kappa shape index (κ2) is 6.39. The quantitative estimate of drug-likeness (QED) is 0.774. The molecule has 0 amide bonds. The largest absolute Gasteiger partial charge is 0.379 e. The Balaban J connectivity index is 2.23. The van der Waals surface area contributed by atoms with Crippen molar-refractivity contribution in [2.24, 2.45) is 0 Å². The van der Waals surface area contributed by atoms with Crippen LogP contribution in [0.4, 0.5) is 5.69 Å². The Morgan fingerprint density at radius 2 is 2.22 bits per heavy atom. The van der Waals surface area contributed by atoms with E-state index in [4.69, 9.17) is 11.6 Å². The van der Waals surface area contributed by atoms with E-state index in [0.717, 1.165) is 22.6 Å². The van der Waals surface area contributed by atoms with E-state index in [1.807, 2.05) is 17.6 Å². The number of rotatable bonds is 6. The minimum Gasteiger partial charge on any atom is -0.379 e. The third kappa shape index (κ3) is 2.96. The Labute approximate surface area is 117 Å². The molecule has 0 saturated carbocycles. The molecule has 0 fully saturated rings. The second-order valence-corrected chi connectivity index (χ2v) is 5.81. The van der Waals surface area contributed by atoms with Crippen molar-refractivity contribution in [3.05, 3.63) is 22.7 Å². The van der Waals surface area contributed by atoms with Crippen LogP contribution >= 0.6 is 22.9 Å². The fraction of sp³-hybridized carbons (Fsp3) is 0.500. The van der Waals surface area contributed by atoms with Gasteiger partial charge in [0, 0.05) is 6.04 Å². The number of fused-ring (bicyclic) bond motifs is 1. The molecule has 1 N–H and O–H groups in total. The molecular formula is C14H19ClN2S. The van der Waals surface area contributed by atoms with Gasteiger partial charge in [-0.05, 0) is 25.0 Å². The zero-order chi connectivity index (χ0) is 13.0. The predicted molar refractivity (Wildman–Crippen MR) is 81.9 cm³/mol. The van der Waals surface area contributed by atoms with Crippen molar-refractivity contribution < 1.29 is 0 Å². The van der Waals surface area contributed by atoms with E-state index >= 15 is 0 Å². The van der Waals surface area contributed by atoms with Gasteiger partial charge in [0.1, 0.15) is 5.52 Å². The van der Waals surface area contributed by atoms with Crippen LogP contribution in [-0.4, -0.2) is 11.0 Å². The normalized spacial score (nSPS) is 12.8. The molecule has 0 aliphatic carbocycles. The number of thiazole rings is 1. The van der Waals surface area contributed by atoms with E-state index in [0.29, 0.717) is 6.04 Å². The molecule has 2 aromatic rings. The molecule has 0 bridgehead atoms. The summed E-state index contributed by atoms with van der Waals surface area (Å²) in [5.41, 5.74) is 3.87. The van der Waals surface area contributed by atoms with Gasteiger partial charge in [0.25, 0.3) is 0 Å². The minimum atomic E-state index is 0.481. The summed E-state index contributed by atoms with van der Waals surface area (Å²) >= 11 is 7.95. The number of nitrogens with one attached hydrogen (secondary N) is 1. The summed E-state index contributed by atoms with van der Waals surface area (Å²) < 4.78 is 1.19. The first-order valence-electron chi connectivity index (χ1n) is 6.54. The van der Waals surface area contributed by atoms with E-state index < -0.39 is 0 Å². The predicted octanol–water partition coefficient (Wildman–Crippen LogP) is 5.33. The second-order valence-electron chi connectivity index (χ2n) is 4.51. The zero-order valence-corrected chi connectivity index (χ0v) is 12.4. The van der Waals surface area contributed by atoms with Crippen molar-refractivity contribution in [2.75, 3.05) is 5.32 Å². The maximum atomic E-state index is 6.30. The number of nitrogens with zero attached hydrogens (tertiary/aromatic N) is 1. The van der Waals surface area contributed by atoms with Crippen LogP contribution in [0.15, 0.2) is 17.6 Å². The van der Waals surface area contributed by atoms with Gasteiger partial charge in [-0.15, -0.1) is 11.3 Å². The number of hydrogen-bond acceptors (Lipinski definition) is 3. The number of halogens is 1. The van der Waals surface area contributed by atoms with E-state index in [2.05, 4.69) is 24.1 Å². The highest BCUT2D eigenvalue weighted by Gasteiger charge is 2.12. The van der Waals surface area contributed by atoms with Gasteiger partial charge in [0.2, 0.25) is 0 Å². The molecule has 0 radical (unpaired) electrons. The topological polar surface area (TPSA) is 24.9 Å². The summed E-state index contributed by atoms with van der Waals surface area (Å²) in [6.07, 6.45) is 4.77. The molecular weight excluding hydrogens is 264 g/mol. The fourth-order valence-electron chi connectivity index (χ4n) is 2.08. The Morgan fingerprint density at radius 3 is 2.94 bits per heavy atom. The van der Waals surface area contributed by atoms with Crippen LogP contribution in [0, 0.1) is 0 Å². The highest BCUT2D eigenvalue weighted by molar-refractivity contribution is 7.16. The first-order valence-corrected chi connectivity index (χ1v) is 7.80. The van der Waals surface area contributed by atoms with Crippen molar-refractivity contribution in [2.45, 2.75) is 45.6 Å². The number of unbranched alkanes of at least 4 members (excludes halogenated alkanes) is 1. The summed E-state index contributed by atoms with van der Waals surface area (Å²) in [4.78, 5) is 4.42. The van der Waals surface area contributed by atoms with E-state index in [9.17, 15) is 0 Å². The fourth-order valence-corrected chi connectivity index (χ4v) is 2.97. The monoisotopic (exact) mass is 282 g/mol. The molecule has 0 aliphatic rings. The lowest BCUT2D eigenvalue weighted by molar-refractivity contribution is 0.594. The molecule has 0 spiro atoms. The van der Waals surface area contributed by atoms with E-state index in [1.165, 1.54) is 24.0 Å². The molecule has 1 aromatic heterocycles. The van der Waals surface area contributed by atoms with Crippen molar-refractivity contribution >= 4 is 38.8 Å². The summed E-state index contributed by atoms with van der Waals surface area (Å²) in [5.74, 6) is 0. The van der Waals surface area contributed by atoms with Gasteiger partial charge < -0.3 is 5.32 Å². The molecule has 18 heavy (non-hydrogen) atoms. The molecule has 0 aliphatic heterocycles. The van der Waals surface area contributed by atoms with Gasteiger partial charge in [-0.2, -0.15) is 0 Å². The van der Waals surface area contributed by atoms with Crippen molar-refractivity contribution in [3.63, 3.8) is 0 Å². The molecule has 1 aromatic carbocycles. The van der Waals surface area contributed by atoms with Gasteiger partial charge in [-0.1, -0.05) is 38.3 Å². The van der Waals surface area contributed by atoms with Gasteiger partial charge in [-0.3, -0.25) is 0 Å². The Kier molecular flexibility index (Phi) is 4.84. The van der Waals surface area contributed by atoms with Crippen LogP contribution in [0.1, 0.15) is 39.5 Å². The number of hydrogen-bond donors (Lipinski definition) is 1. The third-order valence-corrected chi connectivity index (χ3v) is 4.31. The molecule has 1 heterocycles. The molecule has 1 atom stereocenters. The molecule has 2 nitrogen and oxygen atoms in total. The first kappa shape index (κ1) is 13.6. The van der Waals surface area contributed by atoms with Gasteiger partial charge in [-0.25, -0.2) is 4.98 Å². The maximum absolute atomic E-state index is 6.30. The Bertz CT molecular complexity index is 509. The Hall–Kier alpha value is -0.800. The summed E-state index contributed by atoms with van der Waals surface area (Å²) in [5, 5.41) is 4.34. The molecule has 4 heteroatoms.